The summed E-state index contributed by atoms with van der Waals surface area (Å²) in [6, 6.07) is 16.3. The van der Waals surface area contributed by atoms with E-state index in [-0.39, 0.29) is 29.4 Å². The summed E-state index contributed by atoms with van der Waals surface area (Å²) < 4.78 is 24.6. The molecule has 2 amide bonds. The molecule has 3 rings (SSSR count). The number of para-hydroxylation sites is 1. The Morgan fingerprint density at radius 3 is 2.54 bits per heavy atom. The normalized spacial score (nSPS) is 10.4. The summed E-state index contributed by atoms with van der Waals surface area (Å²) in [4.78, 5) is 24.0. The molecule has 0 saturated carbocycles. The van der Waals surface area contributed by atoms with Gasteiger partial charge in [0.25, 0.3) is 0 Å². The molecule has 1 aromatic heterocycles. The van der Waals surface area contributed by atoms with Crippen molar-refractivity contribution in [3.63, 3.8) is 0 Å². The first-order valence-electron chi connectivity index (χ1n) is 8.31. The van der Waals surface area contributed by atoms with E-state index < -0.39 is 17.6 Å². The summed E-state index contributed by atoms with van der Waals surface area (Å²) >= 11 is 5.87. The van der Waals surface area contributed by atoms with Gasteiger partial charge >= 0.3 is 5.91 Å². The Bertz CT molecular complexity index is 955. The van der Waals surface area contributed by atoms with Crippen molar-refractivity contribution in [3.05, 3.63) is 88.6 Å². The van der Waals surface area contributed by atoms with Gasteiger partial charge in [-0.05, 0) is 36.4 Å². The average molecular weight is 403 g/mol. The molecule has 0 aliphatic rings. The lowest BCUT2D eigenvalue weighted by molar-refractivity contribution is -0.121. The van der Waals surface area contributed by atoms with Gasteiger partial charge in [0.2, 0.25) is 5.91 Å². The summed E-state index contributed by atoms with van der Waals surface area (Å²) in [6.45, 7) is 0.148. The van der Waals surface area contributed by atoms with Crippen LogP contribution in [-0.4, -0.2) is 11.8 Å². The molecule has 2 aromatic carbocycles. The third-order valence-corrected chi connectivity index (χ3v) is 4.08. The first-order chi connectivity index (χ1) is 13.5. The first-order valence-corrected chi connectivity index (χ1v) is 8.69. The van der Waals surface area contributed by atoms with E-state index in [0.29, 0.717) is 11.5 Å². The Morgan fingerprint density at radius 2 is 1.79 bits per heavy atom. The molecule has 0 unspecified atom stereocenters. The summed E-state index contributed by atoms with van der Waals surface area (Å²) in [5, 5.41) is 0.135. The minimum atomic E-state index is -0.654. The van der Waals surface area contributed by atoms with Gasteiger partial charge < -0.3 is 9.15 Å². The number of benzene rings is 2. The van der Waals surface area contributed by atoms with E-state index in [2.05, 4.69) is 10.9 Å². The fourth-order valence-electron chi connectivity index (χ4n) is 2.34. The van der Waals surface area contributed by atoms with E-state index in [1.165, 1.54) is 24.3 Å². The van der Waals surface area contributed by atoms with Crippen LogP contribution in [0.5, 0.6) is 5.75 Å². The fourth-order valence-corrected chi connectivity index (χ4v) is 2.57. The lowest BCUT2D eigenvalue weighted by Crippen LogP contribution is -2.42. The Kier molecular flexibility index (Phi) is 6.29. The molecule has 0 saturated heterocycles. The molecule has 144 valence electrons. The molecule has 8 heteroatoms. The number of carbonyl (C=O) groups excluding carboxylic acids is 2. The van der Waals surface area contributed by atoms with Crippen LogP contribution in [0.4, 0.5) is 4.39 Å². The quantitative estimate of drug-likeness (QED) is 0.617. The molecule has 28 heavy (non-hydrogen) atoms. The van der Waals surface area contributed by atoms with Gasteiger partial charge in [-0.25, -0.2) is 4.39 Å². The number of hydrogen-bond donors (Lipinski definition) is 2. The van der Waals surface area contributed by atoms with Crippen molar-refractivity contribution in [1.82, 2.24) is 10.9 Å². The number of ether oxygens (including phenoxy) is 1. The van der Waals surface area contributed by atoms with Crippen molar-refractivity contribution in [3.8, 4) is 5.75 Å². The number of nitrogens with one attached hydrogen (secondary N) is 2. The third-order valence-electron chi connectivity index (χ3n) is 3.72. The number of carbonyl (C=O) groups is 2. The van der Waals surface area contributed by atoms with E-state index in [4.69, 9.17) is 20.8 Å². The minimum Gasteiger partial charge on any atom is -0.486 e. The standard InChI is InChI=1S/C20H16ClFN2O4/c21-16-7-4-8-17(22)15(16)11-19(25)23-24-20(26)18-10-9-14(28-18)12-27-13-5-2-1-3-6-13/h1-10H,11-12H2,(H,23,25)(H,24,26). The third kappa shape index (κ3) is 5.11. The van der Waals surface area contributed by atoms with Crippen molar-refractivity contribution in [2.75, 3.05) is 0 Å². The fraction of sp³-hybridized carbons (Fsp3) is 0.100. The number of amides is 2. The van der Waals surface area contributed by atoms with E-state index in [9.17, 15) is 14.0 Å². The van der Waals surface area contributed by atoms with Crippen LogP contribution in [0.2, 0.25) is 5.02 Å². The second kappa shape index (κ2) is 9.05. The molecule has 6 nitrogen and oxygen atoms in total. The summed E-state index contributed by atoms with van der Waals surface area (Å²) in [5.41, 5.74) is 4.45. The van der Waals surface area contributed by atoms with Gasteiger partial charge in [0, 0.05) is 10.6 Å². The van der Waals surface area contributed by atoms with Crippen LogP contribution in [0.1, 0.15) is 21.9 Å². The summed E-state index contributed by atoms with van der Waals surface area (Å²) in [5.74, 6) is -0.764. The molecular formula is C20H16ClFN2O4. The van der Waals surface area contributed by atoms with Gasteiger partial charge in [-0.1, -0.05) is 35.9 Å². The Hall–Kier alpha value is -3.32. The van der Waals surface area contributed by atoms with Crippen LogP contribution in [0.3, 0.4) is 0 Å². The lowest BCUT2D eigenvalue weighted by Gasteiger charge is -2.08. The smallest absolute Gasteiger partial charge is 0.305 e. The van der Waals surface area contributed by atoms with Gasteiger partial charge in [0.05, 0.1) is 6.42 Å². The van der Waals surface area contributed by atoms with Crippen LogP contribution >= 0.6 is 11.6 Å². The largest absolute Gasteiger partial charge is 0.486 e. The highest BCUT2D eigenvalue weighted by Crippen LogP contribution is 2.19. The van der Waals surface area contributed by atoms with Crippen LogP contribution in [0.15, 0.2) is 65.1 Å². The molecule has 1 heterocycles. The predicted molar refractivity (Wildman–Crippen MR) is 100 cm³/mol. The van der Waals surface area contributed by atoms with Crippen LogP contribution in [0.25, 0.3) is 0 Å². The number of hydrogen-bond acceptors (Lipinski definition) is 4. The van der Waals surface area contributed by atoms with Crippen LogP contribution in [0, 0.1) is 5.82 Å². The second-order valence-electron chi connectivity index (χ2n) is 5.75. The van der Waals surface area contributed by atoms with Crippen LogP contribution in [-0.2, 0) is 17.8 Å². The number of rotatable bonds is 6. The molecule has 0 atom stereocenters. The predicted octanol–water partition coefficient (Wildman–Crippen LogP) is 3.65. The van der Waals surface area contributed by atoms with Crippen LogP contribution < -0.4 is 15.6 Å². The summed E-state index contributed by atoms with van der Waals surface area (Å²) in [6.07, 6.45) is -0.319. The zero-order valence-electron chi connectivity index (χ0n) is 14.6. The highest BCUT2D eigenvalue weighted by molar-refractivity contribution is 6.31. The monoisotopic (exact) mass is 402 g/mol. The number of furan rings is 1. The maximum Gasteiger partial charge on any atom is 0.305 e. The molecule has 0 spiro atoms. The van der Waals surface area contributed by atoms with E-state index in [0.717, 1.165) is 0 Å². The molecule has 0 aliphatic heterocycles. The van der Waals surface area contributed by atoms with Gasteiger partial charge in [-0.15, -0.1) is 0 Å². The molecule has 0 bridgehead atoms. The zero-order chi connectivity index (χ0) is 19.9. The maximum atomic E-state index is 13.7. The average Bonchev–Trinajstić information content (AvgIpc) is 3.17. The van der Waals surface area contributed by atoms with Crippen molar-refractivity contribution < 1.29 is 23.1 Å². The highest BCUT2D eigenvalue weighted by atomic mass is 35.5. The molecule has 3 aromatic rings. The van der Waals surface area contributed by atoms with E-state index >= 15 is 0 Å². The molecule has 0 radical (unpaired) electrons. The van der Waals surface area contributed by atoms with Crippen molar-refractivity contribution in [2.24, 2.45) is 0 Å². The molecular weight excluding hydrogens is 387 g/mol. The van der Waals surface area contributed by atoms with Gasteiger partial charge in [-0.2, -0.15) is 0 Å². The van der Waals surface area contributed by atoms with Crippen molar-refractivity contribution in [2.45, 2.75) is 13.0 Å². The lowest BCUT2D eigenvalue weighted by atomic mass is 10.1. The van der Waals surface area contributed by atoms with Gasteiger partial charge in [0.15, 0.2) is 5.76 Å². The molecule has 0 aliphatic carbocycles. The highest BCUT2D eigenvalue weighted by Gasteiger charge is 2.15. The molecule has 0 fully saturated rings. The summed E-state index contributed by atoms with van der Waals surface area (Å²) in [7, 11) is 0. The number of hydrazine groups is 1. The Balaban J connectivity index is 1.50. The Labute approximate surface area is 165 Å². The number of halogens is 2. The maximum absolute atomic E-state index is 13.7. The molecule has 2 N–H and O–H groups in total. The van der Waals surface area contributed by atoms with E-state index in [1.807, 2.05) is 18.2 Å². The van der Waals surface area contributed by atoms with Gasteiger partial charge in [0.1, 0.15) is 23.9 Å². The van der Waals surface area contributed by atoms with Crippen molar-refractivity contribution >= 4 is 23.4 Å². The Morgan fingerprint density at radius 1 is 1.00 bits per heavy atom. The van der Waals surface area contributed by atoms with E-state index in [1.54, 1.807) is 18.2 Å². The minimum absolute atomic E-state index is 0.00381. The first kappa shape index (κ1) is 19.4. The SMILES string of the molecule is O=C(Cc1c(F)cccc1Cl)NNC(=O)c1ccc(COc2ccccc2)o1. The topological polar surface area (TPSA) is 80.6 Å². The van der Waals surface area contributed by atoms with Gasteiger partial charge in [-0.3, -0.25) is 20.4 Å². The zero-order valence-corrected chi connectivity index (χ0v) is 15.3. The second-order valence-corrected chi connectivity index (χ2v) is 6.15. The van der Waals surface area contributed by atoms with Crippen molar-refractivity contribution in [1.29, 1.82) is 0 Å².